The molecule has 0 fully saturated rings. The molecular formula is C21H17N3O2S. The smallest absolute Gasteiger partial charge is 0.335 e. The van der Waals surface area contributed by atoms with E-state index in [4.69, 9.17) is 5.11 Å². The van der Waals surface area contributed by atoms with Crippen LogP contribution in [0.2, 0.25) is 0 Å². The normalized spacial score (nSPS) is 12.0. The first kappa shape index (κ1) is 17.2. The molecule has 0 aliphatic carbocycles. The third-order valence-corrected chi connectivity index (χ3v) is 5.49. The maximum atomic E-state index is 11.0. The second-order valence-electron chi connectivity index (χ2n) is 6.21. The number of carboxylic acids is 1. The number of anilines is 1. The zero-order valence-electron chi connectivity index (χ0n) is 14.6. The van der Waals surface area contributed by atoms with Crippen molar-refractivity contribution < 1.29 is 9.90 Å². The van der Waals surface area contributed by atoms with Gasteiger partial charge in [-0.15, -0.1) is 11.3 Å². The highest BCUT2D eigenvalue weighted by molar-refractivity contribution is 7.21. The first-order valence-electron chi connectivity index (χ1n) is 8.51. The van der Waals surface area contributed by atoms with Crippen molar-refractivity contribution in [3.63, 3.8) is 0 Å². The molecule has 0 spiro atoms. The summed E-state index contributed by atoms with van der Waals surface area (Å²) in [5.41, 5.74) is 2.42. The SMILES string of the molecule is C[C@@H](Nc1ncnc2sc(-c3ccc(C(=O)O)cc3)cc12)c1ccccc1. The van der Waals surface area contributed by atoms with Crippen molar-refractivity contribution in [1.29, 1.82) is 0 Å². The first-order chi connectivity index (χ1) is 13.1. The van der Waals surface area contributed by atoms with E-state index in [1.807, 2.05) is 30.3 Å². The molecule has 0 aliphatic heterocycles. The monoisotopic (exact) mass is 375 g/mol. The Morgan fingerprint density at radius 1 is 1.07 bits per heavy atom. The predicted molar refractivity (Wildman–Crippen MR) is 108 cm³/mol. The van der Waals surface area contributed by atoms with Crippen LogP contribution in [0.4, 0.5) is 5.82 Å². The van der Waals surface area contributed by atoms with Crippen LogP contribution in [-0.2, 0) is 0 Å². The van der Waals surface area contributed by atoms with E-state index in [0.29, 0.717) is 0 Å². The molecule has 0 saturated heterocycles. The second kappa shape index (κ2) is 7.17. The summed E-state index contributed by atoms with van der Waals surface area (Å²) in [6.45, 7) is 2.10. The van der Waals surface area contributed by atoms with Crippen molar-refractivity contribution in [1.82, 2.24) is 9.97 Å². The maximum absolute atomic E-state index is 11.0. The Labute approximate surface area is 160 Å². The molecule has 0 aliphatic rings. The minimum Gasteiger partial charge on any atom is -0.478 e. The lowest BCUT2D eigenvalue weighted by atomic mass is 10.1. The fourth-order valence-corrected chi connectivity index (χ4v) is 3.92. The van der Waals surface area contributed by atoms with Crippen LogP contribution >= 0.6 is 11.3 Å². The molecule has 2 heterocycles. The van der Waals surface area contributed by atoms with Crippen LogP contribution in [0, 0.1) is 0 Å². The van der Waals surface area contributed by atoms with Crippen molar-refractivity contribution in [2.45, 2.75) is 13.0 Å². The number of hydrogen-bond donors (Lipinski definition) is 2. The van der Waals surface area contributed by atoms with Gasteiger partial charge in [-0.05, 0) is 36.2 Å². The van der Waals surface area contributed by atoms with E-state index in [1.54, 1.807) is 29.8 Å². The summed E-state index contributed by atoms with van der Waals surface area (Å²) in [7, 11) is 0. The number of rotatable bonds is 5. The zero-order chi connectivity index (χ0) is 18.8. The third-order valence-electron chi connectivity index (χ3n) is 4.40. The van der Waals surface area contributed by atoms with Gasteiger partial charge in [-0.3, -0.25) is 0 Å². The van der Waals surface area contributed by atoms with Crippen molar-refractivity contribution in [2.24, 2.45) is 0 Å². The van der Waals surface area contributed by atoms with Crippen molar-refractivity contribution in [2.75, 3.05) is 5.32 Å². The highest BCUT2D eigenvalue weighted by Crippen LogP contribution is 2.35. The van der Waals surface area contributed by atoms with Crippen molar-refractivity contribution >= 4 is 33.3 Å². The summed E-state index contributed by atoms with van der Waals surface area (Å²) in [4.78, 5) is 21.8. The number of aromatic nitrogens is 2. The highest BCUT2D eigenvalue weighted by Gasteiger charge is 2.13. The molecule has 134 valence electrons. The summed E-state index contributed by atoms with van der Waals surface area (Å²) in [5.74, 6) is -0.133. The average molecular weight is 375 g/mol. The fourth-order valence-electron chi connectivity index (χ4n) is 2.92. The number of carboxylic acid groups (broad SMARTS) is 1. The molecule has 2 N–H and O–H groups in total. The zero-order valence-corrected chi connectivity index (χ0v) is 15.4. The molecule has 4 rings (SSSR count). The number of aromatic carboxylic acids is 1. The van der Waals surface area contributed by atoms with Crippen LogP contribution in [-0.4, -0.2) is 21.0 Å². The van der Waals surface area contributed by atoms with Gasteiger partial charge in [-0.2, -0.15) is 0 Å². The molecule has 0 radical (unpaired) electrons. The van der Waals surface area contributed by atoms with Crippen molar-refractivity contribution in [3.05, 3.63) is 78.1 Å². The topological polar surface area (TPSA) is 75.1 Å². The van der Waals surface area contributed by atoms with Crippen LogP contribution in [0.15, 0.2) is 67.0 Å². The predicted octanol–water partition coefficient (Wildman–Crippen LogP) is 5.23. The van der Waals surface area contributed by atoms with E-state index in [2.05, 4.69) is 40.4 Å². The first-order valence-corrected chi connectivity index (χ1v) is 9.33. The summed E-state index contributed by atoms with van der Waals surface area (Å²) in [6, 6.07) is 19.2. The van der Waals surface area contributed by atoms with Gasteiger partial charge in [0.1, 0.15) is 17.0 Å². The van der Waals surface area contributed by atoms with Gasteiger partial charge in [0, 0.05) is 10.9 Å². The molecule has 4 aromatic rings. The Hall–Kier alpha value is -3.25. The number of hydrogen-bond acceptors (Lipinski definition) is 5. The van der Waals surface area contributed by atoms with E-state index in [9.17, 15) is 4.79 Å². The fraction of sp³-hybridized carbons (Fsp3) is 0.0952. The molecule has 0 saturated carbocycles. The minimum atomic E-state index is -0.926. The van der Waals surface area contributed by atoms with Gasteiger partial charge < -0.3 is 10.4 Å². The molecule has 5 nitrogen and oxygen atoms in total. The van der Waals surface area contributed by atoms with Crippen molar-refractivity contribution in [3.8, 4) is 10.4 Å². The van der Waals surface area contributed by atoms with Crippen LogP contribution in [0.1, 0.15) is 28.9 Å². The van der Waals surface area contributed by atoms with Gasteiger partial charge in [0.2, 0.25) is 0 Å². The van der Waals surface area contributed by atoms with Gasteiger partial charge in [-0.25, -0.2) is 14.8 Å². The van der Waals surface area contributed by atoms with Crippen LogP contribution in [0.25, 0.3) is 20.7 Å². The Balaban J connectivity index is 1.67. The lowest BCUT2D eigenvalue weighted by Gasteiger charge is -2.15. The third kappa shape index (κ3) is 3.52. The molecule has 6 heteroatoms. The molecule has 27 heavy (non-hydrogen) atoms. The molecule has 0 unspecified atom stereocenters. The standard InChI is InChI=1S/C21H17N3O2S/c1-13(14-5-3-2-4-6-14)24-19-17-11-18(27-20(17)23-12-22-19)15-7-9-16(10-8-15)21(25)26/h2-13H,1H3,(H,25,26)(H,22,23,24)/t13-/m1/s1. The largest absolute Gasteiger partial charge is 0.478 e. The lowest BCUT2D eigenvalue weighted by molar-refractivity contribution is 0.0697. The summed E-state index contributed by atoms with van der Waals surface area (Å²) < 4.78 is 0. The van der Waals surface area contributed by atoms with Crippen LogP contribution < -0.4 is 5.32 Å². The van der Waals surface area contributed by atoms with Gasteiger partial charge in [0.25, 0.3) is 0 Å². The second-order valence-corrected chi connectivity index (χ2v) is 7.24. The Bertz CT molecular complexity index is 1090. The van der Waals surface area contributed by atoms with E-state index in [-0.39, 0.29) is 11.6 Å². The summed E-state index contributed by atoms with van der Waals surface area (Å²) in [5, 5.41) is 13.5. The van der Waals surface area contributed by atoms with E-state index >= 15 is 0 Å². The number of benzene rings is 2. The van der Waals surface area contributed by atoms with Gasteiger partial charge in [0.05, 0.1) is 10.9 Å². The van der Waals surface area contributed by atoms with Gasteiger partial charge >= 0.3 is 5.97 Å². The Kier molecular flexibility index (Phi) is 4.56. The van der Waals surface area contributed by atoms with E-state index in [0.717, 1.165) is 26.5 Å². The number of thiophene rings is 1. The summed E-state index contributed by atoms with van der Waals surface area (Å²) in [6.07, 6.45) is 1.57. The number of nitrogens with zero attached hydrogens (tertiary/aromatic N) is 2. The Morgan fingerprint density at radius 2 is 1.81 bits per heavy atom. The van der Waals surface area contributed by atoms with Gasteiger partial charge in [0.15, 0.2) is 0 Å². The van der Waals surface area contributed by atoms with E-state index < -0.39 is 5.97 Å². The Morgan fingerprint density at radius 3 is 2.52 bits per heavy atom. The molecule has 1 atom stereocenters. The number of nitrogens with one attached hydrogen (secondary N) is 1. The lowest BCUT2D eigenvalue weighted by Crippen LogP contribution is -2.08. The minimum absolute atomic E-state index is 0.113. The van der Waals surface area contributed by atoms with Crippen LogP contribution in [0.5, 0.6) is 0 Å². The molecule has 0 amide bonds. The number of fused-ring (bicyclic) bond motifs is 1. The molecule has 2 aromatic heterocycles. The van der Waals surface area contributed by atoms with Crippen LogP contribution in [0.3, 0.4) is 0 Å². The van der Waals surface area contributed by atoms with Gasteiger partial charge in [-0.1, -0.05) is 42.5 Å². The molecule has 2 aromatic carbocycles. The number of carbonyl (C=O) groups is 1. The molecular weight excluding hydrogens is 358 g/mol. The molecule has 0 bridgehead atoms. The van der Waals surface area contributed by atoms with E-state index in [1.165, 1.54) is 5.56 Å². The highest BCUT2D eigenvalue weighted by atomic mass is 32.1. The quantitative estimate of drug-likeness (QED) is 0.499. The maximum Gasteiger partial charge on any atom is 0.335 e. The average Bonchev–Trinajstić information content (AvgIpc) is 3.14. The summed E-state index contributed by atoms with van der Waals surface area (Å²) >= 11 is 1.56.